The first kappa shape index (κ1) is 36.1. The molecule has 3 heterocycles. The number of imidazole rings is 1. The van der Waals surface area contributed by atoms with Gasteiger partial charge in [-0.3, -0.25) is 18.8 Å². The lowest BCUT2D eigenvalue weighted by atomic mass is 9.43. The molecule has 1 unspecified atom stereocenters. The maximum Gasteiger partial charge on any atom is 0.529 e. The summed E-state index contributed by atoms with van der Waals surface area (Å²) in [6, 6.07) is 0. The molecule has 50 heavy (non-hydrogen) atoms. The minimum absolute atomic E-state index is 0.00971. The van der Waals surface area contributed by atoms with Crippen LogP contribution in [0.15, 0.2) is 12.7 Å². The zero-order valence-corrected chi connectivity index (χ0v) is 29.8. The fraction of sp³-hybridized carbons (Fsp3) is 0.824. The van der Waals surface area contributed by atoms with Crippen LogP contribution in [-0.4, -0.2) is 87.9 Å². The highest BCUT2D eigenvalue weighted by molar-refractivity contribution is 7.48. The molecule has 4 saturated carbocycles. The van der Waals surface area contributed by atoms with E-state index in [1.54, 1.807) is 4.57 Å². The van der Waals surface area contributed by atoms with Crippen molar-refractivity contribution < 1.29 is 48.5 Å². The molecule has 278 valence electrons. The van der Waals surface area contributed by atoms with Gasteiger partial charge in [0, 0.05) is 12.8 Å². The number of aromatic nitrogens is 4. The van der Waals surface area contributed by atoms with E-state index in [0.717, 1.165) is 25.7 Å². The van der Waals surface area contributed by atoms with Crippen LogP contribution in [0, 0.1) is 46.3 Å². The molecule has 2 aromatic heterocycles. The average molecular weight is 722 g/mol. The number of ether oxygens (including phenoxy) is 1. The smallest absolute Gasteiger partial charge is 0.393 e. The van der Waals surface area contributed by atoms with E-state index in [1.165, 1.54) is 12.7 Å². The summed E-state index contributed by atoms with van der Waals surface area (Å²) in [4.78, 5) is 35.4. The molecule has 0 radical (unpaired) electrons. The Morgan fingerprint density at radius 3 is 2.64 bits per heavy atom. The summed E-state index contributed by atoms with van der Waals surface area (Å²) in [7, 11) is -4.81. The second-order valence-corrected chi connectivity index (χ2v) is 17.7. The van der Waals surface area contributed by atoms with Gasteiger partial charge in [0.05, 0.1) is 37.4 Å². The van der Waals surface area contributed by atoms with Crippen molar-refractivity contribution >= 4 is 30.8 Å². The first-order valence-electron chi connectivity index (χ1n) is 18.1. The third-order valence-corrected chi connectivity index (χ3v) is 14.8. The summed E-state index contributed by atoms with van der Waals surface area (Å²) in [5, 5.41) is 44.3. The molecule has 0 aromatic carbocycles. The summed E-state index contributed by atoms with van der Waals surface area (Å²) in [6.45, 7) is 6.01. The number of rotatable bonds is 9. The lowest BCUT2D eigenvalue weighted by Gasteiger charge is -2.63. The topological polar surface area (TPSA) is 233 Å². The van der Waals surface area contributed by atoms with Crippen molar-refractivity contribution in [1.29, 1.82) is 0 Å². The lowest BCUT2D eigenvalue weighted by molar-refractivity contribution is -0.207. The molecule has 16 heteroatoms. The number of carbonyl (C=O) groups is 1. The predicted octanol–water partition coefficient (Wildman–Crippen LogP) is 3.09. The number of nitrogens with zero attached hydrogens (tertiary/aromatic N) is 4. The standard InChI is InChI=1S/C34H52N5O10P/c1-17(20-5-6-21-29-22(12-26(43)34(20,21)3)33(2)9-8-19(40)10-18(33)11-24(29)42)4-7-28(44)49-50(45,46)47-14-25-23(41)13-27(48-25)39-16-38-30-31(35)36-15-37-32(30)39/h15-27,29,40-43H,4-14H2,1-3H3,(H,45,46)(H2,35,36,37)/t17-,18+,19-,20-,21+,22+,23+,24-,25-,26+,27-,29+,33+,34-/m1/s1. The van der Waals surface area contributed by atoms with Crippen molar-refractivity contribution in [2.75, 3.05) is 12.3 Å². The zero-order chi connectivity index (χ0) is 35.7. The van der Waals surface area contributed by atoms with Gasteiger partial charge in [0.1, 0.15) is 24.2 Å². The number of aliphatic hydroxyl groups is 4. The fourth-order valence-corrected chi connectivity index (χ4v) is 11.9. The summed E-state index contributed by atoms with van der Waals surface area (Å²) < 4.78 is 30.2. The maximum absolute atomic E-state index is 12.8. The number of anilines is 1. The van der Waals surface area contributed by atoms with Gasteiger partial charge in [0.15, 0.2) is 11.5 Å². The summed E-state index contributed by atoms with van der Waals surface area (Å²) in [5.74, 6) is 0.113. The predicted molar refractivity (Wildman–Crippen MR) is 179 cm³/mol. The van der Waals surface area contributed by atoms with Crippen LogP contribution in [0.4, 0.5) is 5.82 Å². The Bertz CT molecular complexity index is 1630. The minimum atomic E-state index is -4.81. The molecular weight excluding hydrogens is 669 g/mol. The molecule has 15 atom stereocenters. The monoisotopic (exact) mass is 721 g/mol. The fourth-order valence-electron chi connectivity index (χ4n) is 11.2. The van der Waals surface area contributed by atoms with Crippen molar-refractivity contribution in [2.24, 2.45) is 46.3 Å². The molecule has 15 nitrogen and oxygen atoms in total. The Kier molecular flexibility index (Phi) is 9.63. The van der Waals surface area contributed by atoms with Gasteiger partial charge < -0.3 is 35.4 Å². The zero-order valence-electron chi connectivity index (χ0n) is 29.0. The van der Waals surface area contributed by atoms with Crippen LogP contribution in [0.3, 0.4) is 0 Å². The largest absolute Gasteiger partial charge is 0.529 e. The number of aliphatic hydroxyl groups excluding tert-OH is 4. The number of nitrogens with two attached hydrogens (primary N) is 1. The number of fused-ring (bicyclic) bond motifs is 6. The summed E-state index contributed by atoms with van der Waals surface area (Å²) in [5.41, 5.74) is 6.21. The number of phosphoric ester groups is 1. The van der Waals surface area contributed by atoms with Crippen molar-refractivity contribution in [2.45, 2.75) is 122 Å². The van der Waals surface area contributed by atoms with Gasteiger partial charge in [0.2, 0.25) is 0 Å². The first-order valence-corrected chi connectivity index (χ1v) is 19.6. The van der Waals surface area contributed by atoms with Crippen molar-refractivity contribution in [3.63, 3.8) is 0 Å². The highest BCUT2D eigenvalue weighted by Crippen LogP contribution is 2.68. The van der Waals surface area contributed by atoms with Crippen LogP contribution in [-0.2, 0) is 23.1 Å². The number of nitrogen functional groups attached to an aromatic ring is 1. The van der Waals surface area contributed by atoms with Crippen molar-refractivity contribution in [3.8, 4) is 0 Å². The molecule has 0 bridgehead atoms. The quantitative estimate of drug-likeness (QED) is 0.204. The van der Waals surface area contributed by atoms with E-state index in [-0.39, 0.29) is 65.7 Å². The van der Waals surface area contributed by atoms with E-state index in [9.17, 15) is 34.7 Å². The van der Waals surface area contributed by atoms with Gasteiger partial charge in [-0.15, -0.1) is 0 Å². The van der Waals surface area contributed by atoms with E-state index in [4.69, 9.17) is 19.5 Å². The molecule has 0 spiro atoms. The third kappa shape index (κ3) is 6.19. The van der Waals surface area contributed by atoms with Gasteiger partial charge >= 0.3 is 13.8 Å². The van der Waals surface area contributed by atoms with Gasteiger partial charge in [0.25, 0.3) is 0 Å². The Labute approximate surface area is 291 Å². The average Bonchev–Trinajstić information content (AvgIpc) is 3.76. The third-order valence-electron chi connectivity index (χ3n) is 13.8. The van der Waals surface area contributed by atoms with Gasteiger partial charge in [-0.05, 0) is 97.7 Å². The number of hydrogen-bond acceptors (Lipinski definition) is 13. The van der Waals surface area contributed by atoms with Crippen LogP contribution < -0.4 is 5.73 Å². The molecule has 5 aliphatic rings. The normalized spacial score (nSPS) is 43.1. The first-order chi connectivity index (χ1) is 23.6. The number of hydrogen-bond donors (Lipinski definition) is 6. The molecule has 7 N–H and O–H groups in total. The van der Waals surface area contributed by atoms with Crippen molar-refractivity contribution in [3.05, 3.63) is 12.7 Å². The van der Waals surface area contributed by atoms with E-state index in [1.807, 2.05) is 0 Å². The highest BCUT2D eigenvalue weighted by Gasteiger charge is 2.65. The van der Waals surface area contributed by atoms with Gasteiger partial charge in [-0.1, -0.05) is 20.8 Å². The molecule has 0 amide bonds. The molecule has 4 aliphatic carbocycles. The van der Waals surface area contributed by atoms with Gasteiger partial charge in [-0.25, -0.2) is 19.5 Å². The van der Waals surface area contributed by atoms with E-state index >= 15 is 0 Å². The van der Waals surface area contributed by atoms with Crippen LogP contribution in [0.25, 0.3) is 11.2 Å². The van der Waals surface area contributed by atoms with Crippen LogP contribution in [0.5, 0.6) is 0 Å². The molecule has 1 aliphatic heterocycles. The Balaban J connectivity index is 0.920. The second kappa shape index (κ2) is 13.3. The SMILES string of the molecule is C[C@H](CCC(=O)OP(=O)(O)OC[C@H]1O[C@@H](n2cnc3c(N)ncnc32)C[C@@H]1O)[C@H]1CC[C@H]2[C@@H]3[C@H](O)C[C@@H]4C[C@H](O)CC[C@]4(C)[C@H]3C[C@H](O)[C@]12C. The van der Waals surface area contributed by atoms with Crippen molar-refractivity contribution in [1.82, 2.24) is 19.5 Å². The maximum atomic E-state index is 12.8. The summed E-state index contributed by atoms with van der Waals surface area (Å²) in [6.07, 6.45) is 4.58. The Hall–Kier alpha value is -2.23. The number of phosphoric acid groups is 1. The van der Waals surface area contributed by atoms with E-state index in [2.05, 4.69) is 35.7 Å². The molecule has 2 aromatic rings. The Morgan fingerprint density at radius 1 is 1.08 bits per heavy atom. The van der Waals surface area contributed by atoms with Gasteiger partial charge in [-0.2, -0.15) is 0 Å². The van der Waals surface area contributed by atoms with E-state index in [0.29, 0.717) is 36.8 Å². The molecular formula is C34H52N5O10P. The summed E-state index contributed by atoms with van der Waals surface area (Å²) >= 11 is 0. The lowest BCUT2D eigenvalue weighted by Crippen LogP contribution is -2.62. The second-order valence-electron chi connectivity index (χ2n) is 16.3. The molecule has 5 fully saturated rings. The van der Waals surface area contributed by atoms with Crippen LogP contribution in [0.2, 0.25) is 0 Å². The number of carbonyl (C=O) groups excluding carboxylic acids is 1. The van der Waals surface area contributed by atoms with E-state index < -0.39 is 56.5 Å². The Morgan fingerprint density at radius 2 is 1.86 bits per heavy atom. The molecule has 7 rings (SSSR count). The van der Waals surface area contributed by atoms with Crippen LogP contribution >= 0.6 is 7.82 Å². The minimum Gasteiger partial charge on any atom is -0.393 e. The highest BCUT2D eigenvalue weighted by atomic mass is 31.2. The molecule has 1 saturated heterocycles. The van der Waals surface area contributed by atoms with Crippen LogP contribution in [0.1, 0.15) is 91.2 Å².